The van der Waals surface area contributed by atoms with E-state index < -0.39 is 0 Å². The van der Waals surface area contributed by atoms with Crippen molar-refractivity contribution in [1.29, 1.82) is 0 Å². The standard InChI is InChI=1S/C14H24N4O2/c1-16-13(19)9-18-6-4-12(5-7-18)17-14(20)10-2-3-11(15)8-10/h2-3,10-12H,4-9,15H2,1H3,(H,16,19)(H,17,20). The molecule has 0 saturated carbocycles. The van der Waals surface area contributed by atoms with Crippen LogP contribution in [0.3, 0.4) is 0 Å². The van der Waals surface area contributed by atoms with Gasteiger partial charge in [-0.25, -0.2) is 0 Å². The highest BCUT2D eigenvalue weighted by Crippen LogP contribution is 2.18. The zero-order valence-electron chi connectivity index (χ0n) is 12.0. The summed E-state index contributed by atoms with van der Waals surface area (Å²) in [5.41, 5.74) is 5.76. The van der Waals surface area contributed by atoms with Crippen LogP contribution in [0.15, 0.2) is 12.2 Å². The number of likely N-dealkylation sites (N-methyl/N-ethyl adjacent to an activating group) is 1. The number of nitrogens with zero attached hydrogens (tertiary/aromatic N) is 1. The molecule has 1 aliphatic heterocycles. The van der Waals surface area contributed by atoms with Gasteiger partial charge in [-0.2, -0.15) is 0 Å². The highest BCUT2D eigenvalue weighted by molar-refractivity contribution is 5.81. The fourth-order valence-corrected chi connectivity index (χ4v) is 2.75. The molecule has 20 heavy (non-hydrogen) atoms. The molecule has 0 aromatic carbocycles. The molecule has 6 heteroatoms. The van der Waals surface area contributed by atoms with Gasteiger partial charge in [0, 0.05) is 32.2 Å². The summed E-state index contributed by atoms with van der Waals surface area (Å²) < 4.78 is 0. The Hall–Kier alpha value is -1.40. The SMILES string of the molecule is CNC(=O)CN1CCC(NC(=O)C2C=CC(N)C2)CC1. The zero-order chi connectivity index (χ0) is 14.5. The molecule has 0 radical (unpaired) electrons. The molecule has 1 fully saturated rings. The van der Waals surface area contributed by atoms with Crippen molar-refractivity contribution in [3.8, 4) is 0 Å². The summed E-state index contributed by atoms with van der Waals surface area (Å²) in [6.07, 6.45) is 6.30. The molecule has 2 unspecified atom stereocenters. The molecule has 2 atom stereocenters. The van der Waals surface area contributed by atoms with Crippen LogP contribution in [-0.2, 0) is 9.59 Å². The molecule has 1 heterocycles. The van der Waals surface area contributed by atoms with Gasteiger partial charge in [0.05, 0.1) is 12.5 Å². The molecule has 1 saturated heterocycles. The minimum absolute atomic E-state index is 0.0140. The normalized spacial score (nSPS) is 27.5. The van der Waals surface area contributed by atoms with Crippen molar-refractivity contribution >= 4 is 11.8 Å². The second kappa shape index (κ2) is 6.85. The summed E-state index contributed by atoms with van der Waals surface area (Å²) in [5, 5.41) is 5.72. The fourth-order valence-electron chi connectivity index (χ4n) is 2.75. The molecule has 2 aliphatic rings. The van der Waals surface area contributed by atoms with Gasteiger partial charge in [-0.05, 0) is 19.3 Å². The topological polar surface area (TPSA) is 87.5 Å². The molecule has 0 bridgehead atoms. The zero-order valence-corrected chi connectivity index (χ0v) is 12.0. The molecule has 2 amide bonds. The maximum Gasteiger partial charge on any atom is 0.233 e. The Balaban J connectivity index is 1.70. The van der Waals surface area contributed by atoms with Crippen molar-refractivity contribution in [3.05, 3.63) is 12.2 Å². The number of hydrogen-bond acceptors (Lipinski definition) is 4. The number of piperidine rings is 1. The Labute approximate surface area is 119 Å². The Morgan fingerprint density at radius 1 is 1.30 bits per heavy atom. The average Bonchev–Trinajstić information content (AvgIpc) is 2.87. The van der Waals surface area contributed by atoms with Crippen molar-refractivity contribution < 1.29 is 9.59 Å². The lowest BCUT2D eigenvalue weighted by Crippen LogP contribution is -2.48. The van der Waals surface area contributed by atoms with E-state index in [0.29, 0.717) is 13.0 Å². The van der Waals surface area contributed by atoms with Crippen molar-refractivity contribution in [2.45, 2.75) is 31.3 Å². The predicted molar refractivity (Wildman–Crippen MR) is 76.9 cm³/mol. The largest absolute Gasteiger partial charge is 0.358 e. The number of nitrogens with one attached hydrogen (secondary N) is 2. The lowest BCUT2D eigenvalue weighted by atomic mass is 10.0. The molecule has 0 spiro atoms. The van der Waals surface area contributed by atoms with E-state index in [9.17, 15) is 9.59 Å². The summed E-state index contributed by atoms with van der Waals surface area (Å²) in [7, 11) is 1.65. The van der Waals surface area contributed by atoms with Crippen LogP contribution >= 0.6 is 0 Å². The molecular weight excluding hydrogens is 256 g/mol. The molecule has 0 aromatic heterocycles. The lowest BCUT2D eigenvalue weighted by Gasteiger charge is -2.32. The summed E-state index contributed by atoms with van der Waals surface area (Å²) in [6.45, 7) is 2.13. The monoisotopic (exact) mass is 280 g/mol. The van der Waals surface area contributed by atoms with Crippen molar-refractivity contribution in [2.75, 3.05) is 26.7 Å². The fraction of sp³-hybridized carbons (Fsp3) is 0.714. The van der Waals surface area contributed by atoms with Crippen molar-refractivity contribution in [2.24, 2.45) is 11.7 Å². The third-order valence-electron chi connectivity index (χ3n) is 4.03. The molecule has 0 aromatic rings. The van der Waals surface area contributed by atoms with Gasteiger partial charge in [0.2, 0.25) is 11.8 Å². The van der Waals surface area contributed by atoms with Crippen LogP contribution in [0.1, 0.15) is 19.3 Å². The summed E-state index contributed by atoms with van der Waals surface area (Å²) in [6, 6.07) is 0.230. The van der Waals surface area contributed by atoms with E-state index >= 15 is 0 Å². The first-order chi connectivity index (χ1) is 9.58. The number of likely N-dealkylation sites (tertiary alicyclic amines) is 1. The molecule has 4 N–H and O–H groups in total. The third-order valence-corrected chi connectivity index (χ3v) is 4.03. The summed E-state index contributed by atoms with van der Waals surface area (Å²) in [4.78, 5) is 25.5. The number of rotatable bonds is 4. The van der Waals surface area contributed by atoms with Gasteiger partial charge in [-0.15, -0.1) is 0 Å². The van der Waals surface area contributed by atoms with Crippen LogP contribution in [0.25, 0.3) is 0 Å². The number of carbonyl (C=O) groups is 2. The molecule has 2 rings (SSSR count). The first-order valence-electron chi connectivity index (χ1n) is 7.25. The maximum absolute atomic E-state index is 12.1. The van der Waals surface area contributed by atoms with Gasteiger partial charge in [-0.3, -0.25) is 14.5 Å². The number of hydrogen-bond donors (Lipinski definition) is 3. The van der Waals surface area contributed by atoms with E-state index in [1.807, 2.05) is 12.2 Å². The van der Waals surface area contributed by atoms with Crippen LogP contribution in [0.5, 0.6) is 0 Å². The third kappa shape index (κ3) is 4.05. The number of amides is 2. The van der Waals surface area contributed by atoms with Crippen LogP contribution in [0.2, 0.25) is 0 Å². The van der Waals surface area contributed by atoms with Gasteiger partial charge in [0.1, 0.15) is 0 Å². The number of carbonyl (C=O) groups excluding carboxylic acids is 2. The highest BCUT2D eigenvalue weighted by Gasteiger charge is 2.26. The minimum Gasteiger partial charge on any atom is -0.358 e. The van der Waals surface area contributed by atoms with E-state index in [1.54, 1.807) is 7.05 Å². The first-order valence-corrected chi connectivity index (χ1v) is 7.25. The molecule has 112 valence electrons. The van der Waals surface area contributed by atoms with Gasteiger partial charge in [-0.1, -0.05) is 12.2 Å². The maximum atomic E-state index is 12.1. The molecule has 1 aliphatic carbocycles. The second-order valence-electron chi connectivity index (χ2n) is 5.62. The lowest BCUT2D eigenvalue weighted by molar-refractivity contribution is -0.125. The van der Waals surface area contributed by atoms with Gasteiger partial charge < -0.3 is 16.4 Å². The van der Waals surface area contributed by atoms with E-state index in [2.05, 4.69) is 15.5 Å². The minimum atomic E-state index is -0.0751. The smallest absolute Gasteiger partial charge is 0.233 e. The van der Waals surface area contributed by atoms with Crippen LogP contribution in [0, 0.1) is 5.92 Å². The number of nitrogens with two attached hydrogens (primary N) is 1. The van der Waals surface area contributed by atoms with E-state index in [-0.39, 0.29) is 29.8 Å². The molecule has 6 nitrogen and oxygen atoms in total. The Morgan fingerprint density at radius 3 is 2.55 bits per heavy atom. The van der Waals surface area contributed by atoms with E-state index in [0.717, 1.165) is 25.9 Å². The quantitative estimate of drug-likeness (QED) is 0.589. The van der Waals surface area contributed by atoms with Crippen molar-refractivity contribution in [3.63, 3.8) is 0 Å². The first kappa shape index (κ1) is 15.0. The van der Waals surface area contributed by atoms with E-state index in [1.165, 1.54) is 0 Å². The Kier molecular flexibility index (Phi) is 5.14. The van der Waals surface area contributed by atoms with Gasteiger partial charge in [0.15, 0.2) is 0 Å². The summed E-state index contributed by atoms with van der Waals surface area (Å²) >= 11 is 0. The van der Waals surface area contributed by atoms with E-state index in [4.69, 9.17) is 5.73 Å². The Bertz CT molecular complexity index is 389. The predicted octanol–water partition coefficient (Wildman–Crippen LogP) is -0.784. The van der Waals surface area contributed by atoms with Gasteiger partial charge >= 0.3 is 0 Å². The second-order valence-corrected chi connectivity index (χ2v) is 5.62. The van der Waals surface area contributed by atoms with Crippen LogP contribution in [0.4, 0.5) is 0 Å². The highest BCUT2D eigenvalue weighted by atomic mass is 16.2. The average molecular weight is 280 g/mol. The molecular formula is C14H24N4O2. The summed E-state index contributed by atoms with van der Waals surface area (Å²) in [5.74, 6) is 0.0467. The van der Waals surface area contributed by atoms with Gasteiger partial charge in [0.25, 0.3) is 0 Å². The van der Waals surface area contributed by atoms with Crippen LogP contribution in [-0.4, -0.2) is 55.5 Å². The Morgan fingerprint density at radius 2 is 2.00 bits per heavy atom. The van der Waals surface area contributed by atoms with Crippen LogP contribution < -0.4 is 16.4 Å². The van der Waals surface area contributed by atoms with Crippen molar-refractivity contribution in [1.82, 2.24) is 15.5 Å².